The fourth-order valence-electron chi connectivity index (χ4n) is 1.60. The third-order valence-electron chi connectivity index (χ3n) is 3.01. The number of hydrogen-bond donors (Lipinski definition) is 0. The van der Waals surface area contributed by atoms with E-state index in [1.165, 1.54) is 13.1 Å². The molecule has 2 aliphatic rings. The molecule has 3 heteroatoms. The molecule has 2 aliphatic heterocycles. The molecule has 0 aromatic heterocycles. The molecule has 2 heterocycles. The van der Waals surface area contributed by atoms with Gasteiger partial charge in [-0.3, -0.25) is 4.79 Å². The molecule has 2 rings (SSSR count). The highest BCUT2D eigenvalue weighted by Gasteiger charge is 2.35. The summed E-state index contributed by atoms with van der Waals surface area (Å²) in [6, 6.07) is 0. The molecule has 0 atom stereocenters. The maximum absolute atomic E-state index is 11.2. The number of likely N-dealkylation sites (N-methyl/N-ethyl adjacent to an activating group) is 1. The van der Waals surface area contributed by atoms with E-state index < -0.39 is 0 Å². The van der Waals surface area contributed by atoms with Crippen molar-refractivity contribution in [3.8, 4) is 11.8 Å². The van der Waals surface area contributed by atoms with Crippen LogP contribution in [0.3, 0.4) is 0 Å². The predicted octanol–water partition coefficient (Wildman–Crippen LogP) is 0.0724. The van der Waals surface area contributed by atoms with Crippen molar-refractivity contribution in [2.75, 3.05) is 39.8 Å². The first-order valence-electron chi connectivity index (χ1n) is 5.27. The Morgan fingerprint density at radius 1 is 1.43 bits per heavy atom. The van der Waals surface area contributed by atoms with Gasteiger partial charge in [-0.1, -0.05) is 5.92 Å². The van der Waals surface area contributed by atoms with Crippen LogP contribution in [-0.4, -0.2) is 55.1 Å². The van der Waals surface area contributed by atoms with Crippen LogP contribution >= 0.6 is 0 Å². The molecule has 76 valence electrons. The molecule has 2 saturated heterocycles. The van der Waals surface area contributed by atoms with Gasteiger partial charge in [0.2, 0.25) is 5.91 Å². The second-order valence-electron chi connectivity index (χ2n) is 4.50. The Morgan fingerprint density at radius 2 is 2.21 bits per heavy atom. The summed E-state index contributed by atoms with van der Waals surface area (Å²) in [5.74, 6) is 6.53. The van der Waals surface area contributed by atoms with Crippen LogP contribution in [0.1, 0.15) is 12.8 Å². The summed E-state index contributed by atoms with van der Waals surface area (Å²) < 4.78 is 1.10. The molecule has 2 fully saturated rings. The van der Waals surface area contributed by atoms with Crippen LogP contribution in [0, 0.1) is 11.8 Å². The maximum atomic E-state index is 11.2. The molecular weight excluding hydrogens is 176 g/mol. The molecule has 0 aliphatic carbocycles. The van der Waals surface area contributed by atoms with Crippen molar-refractivity contribution in [1.82, 2.24) is 4.90 Å². The highest BCUT2D eigenvalue weighted by Crippen LogP contribution is 2.14. The Balaban J connectivity index is 1.73. The van der Waals surface area contributed by atoms with Crippen LogP contribution in [0.25, 0.3) is 0 Å². The topological polar surface area (TPSA) is 20.3 Å². The SMILES string of the molecule is C[N+]1(CC#CCN2CCCC2=O)CC1. The summed E-state index contributed by atoms with van der Waals surface area (Å²) in [5.41, 5.74) is 0. The Hall–Kier alpha value is -1.01. The van der Waals surface area contributed by atoms with Gasteiger partial charge in [-0.15, -0.1) is 0 Å². The number of nitrogens with zero attached hydrogens (tertiary/aromatic N) is 2. The summed E-state index contributed by atoms with van der Waals surface area (Å²) in [6.07, 6.45) is 1.73. The van der Waals surface area contributed by atoms with Crippen molar-refractivity contribution in [2.45, 2.75) is 12.8 Å². The molecule has 1 amide bonds. The van der Waals surface area contributed by atoms with Gasteiger partial charge < -0.3 is 9.38 Å². The summed E-state index contributed by atoms with van der Waals surface area (Å²) in [4.78, 5) is 13.1. The van der Waals surface area contributed by atoms with E-state index in [0.717, 1.165) is 30.4 Å². The van der Waals surface area contributed by atoms with Crippen molar-refractivity contribution in [3.63, 3.8) is 0 Å². The summed E-state index contributed by atoms with van der Waals surface area (Å²) >= 11 is 0. The summed E-state index contributed by atoms with van der Waals surface area (Å²) in [7, 11) is 2.22. The molecule has 0 bridgehead atoms. The lowest BCUT2D eigenvalue weighted by Gasteiger charge is -2.10. The van der Waals surface area contributed by atoms with E-state index in [0.29, 0.717) is 6.54 Å². The van der Waals surface area contributed by atoms with Gasteiger partial charge in [-0.25, -0.2) is 0 Å². The highest BCUT2D eigenvalue weighted by molar-refractivity contribution is 5.78. The number of rotatable bonds is 2. The molecule has 3 nitrogen and oxygen atoms in total. The van der Waals surface area contributed by atoms with Gasteiger partial charge in [-0.05, 0) is 12.3 Å². The molecule has 14 heavy (non-hydrogen) atoms. The zero-order chi connectivity index (χ0) is 10.0. The molecule has 0 aromatic carbocycles. The van der Waals surface area contributed by atoms with Crippen LogP contribution in [0.2, 0.25) is 0 Å². The van der Waals surface area contributed by atoms with E-state index in [1.807, 2.05) is 4.90 Å². The molecule has 0 saturated carbocycles. The van der Waals surface area contributed by atoms with Crippen molar-refractivity contribution in [1.29, 1.82) is 0 Å². The summed E-state index contributed by atoms with van der Waals surface area (Å²) in [5, 5.41) is 0. The number of hydrogen-bond acceptors (Lipinski definition) is 1. The van der Waals surface area contributed by atoms with Crippen LogP contribution in [0.15, 0.2) is 0 Å². The smallest absolute Gasteiger partial charge is 0.223 e. The van der Waals surface area contributed by atoms with E-state index in [1.54, 1.807) is 0 Å². The monoisotopic (exact) mass is 193 g/mol. The van der Waals surface area contributed by atoms with Gasteiger partial charge in [0, 0.05) is 13.0 Å². The minimum Gasteiger partial charge on any atom is -0.332 e. The van der Waals surface area contributed by atoms with Gasteiger partial charge in [0.25, 0.3) is 0 Å². The Labute approximate surface area is 85.3 Å². The van der Waals surface area contributed by atoms with Gasteiger partial charge >= 0.3 is 0 Å². The second-order valence-corrected chi connectivity index (χ2v) is 4.50. The van der Waals surface area contributed by atoms with E-state index in [2.05, 4.69) is 18.9 Å². The van der Waals surface area contributed by atoms with E-state index in [9.17, 15) is 4.79 Å². The van der Waals surface area contributed by atoms with Gasteiger partial charge in [0.15, 0.2) is 0 Å². The number of carbonyl (C=O) groups excluding carboxylic acids is 1. The Morgan fingerprint density at radius 3 is 2.79 bits per heavy atom. The minimum absolute atomic E-state index is 0.270. The second kappa shape index (κ2) is 3.62. The average molecular weight is 193 g/mol. The van der Waals surface area contributed by atoms with E-state index in [4.69, 9.17) is 0 Å². The predicted molar refractivity (Wildman–Crippen MR) is 54.4 cm³/mol. The van der Waals surface area contributed by atoms with Crippen molar-refractivity contribution >= 4 is 5.91 Å². The zero-order valence-corrected chi connectivity index (χ0v) is 8.75. The fourth-order valence-corrected chi connectivity index (χ4v) is 1.60. The van der Waals surface area contributed by atoms with Crippen molar-refractivity contribution in [3.05, 3.63) is 0 Å². The Bertz CT molecular complexity index is 296. The van der Waals surface area contributed by atoms with Crippen LogP contribution < -0.4 is 0 Å². The van der Waals surface area contributed by atoms with Crippen molar-refractivity contribution in [2.24, 2.45) is 0 Å². The molecule has 0 unspecified atom stereocenters. The lowest BCUT2D eigenvalue weighted by Crippen LogP contribution is -2.25. The van der Waals surface area contributed by atoms with Gasteiger partial charge in [-0.2, -0.15) is 0 Å². The minimum atomic E-state index is 0.270. The fraction of sp³-hybridized carbons (Fsp3) is 0.727. The van der Waals surface area contributed by atoms with Crippen LogP contribution in [0.4, 0.5) is 0 Å². The number of quaternary nitrogens is 1. The summed E-state index contributed by atoms with van der Waals surface area (Å²) in [6.45, 7) is 5.01. The van der Waals surface area contributed by atoms with Crippen LogP contribution in [0.5, 0.6) is 0 Å². The average Bonchev–Trinajstić information content (AvgIpc) is 2.74. The van der Waals surface area contributed by atoms with Gasteiger partial charge in [0.1, 0.15) is 19.6 Å². The first-order chi connectivity index (χ1) is 6.70. The molecule has 0 spiro atoms. The zero-order valence-electron chi connectivity index (χ0n) is 8.75. The lowest BCUT2D eigenvalue weighted by atomic mass is 10.4. The molecule has 0 aromatic rings. The highest BCUT2D eigenvalue weighted by atomic mass is 16.2. The third-order valence-corrected chi connectivity index (χ3v) is 3.01. The lowest BCUT2D eigenvalue weighted by molar-refractivity contribution is -0.768. The first-order valence-corrected chi connectivity index (χ1v) is 5.27. The number of amides is 1. The van der Waals surface area contributed by atoms with Crippen LogP contribution in [-0.2, 0) is 4.79 Å². The molecular formula is C11H17N2O+. The molecule has 0 N–H and O–H groups in total. The van der Waals surface area contributed by atoms with E-state index in [-0.39, 0.29) is 5.91 Å². The quantitative estimate of drug-likeness (QED) is 0.345. The molecule has 0 radical (unpaired) electrons. The van der Waals surface area contributed by atoms with E-state index >= 15 is 0 Å². The standard InChI is InChI=1S/C11H17N2O/c1-13(9-10-13)8-3-2-6-12-7-4-5-11(12)14/h4-10H2,1H3/q+1. The largest absolute Gasteiger partial charge is 0.332 e. The van der Waals surface area contributed by atoms with Gasteiger partial charge in [0.05, 0.1) is 13.6 Å². The number of likely N-dealkylation sites (tertiary alicyclic amines) is 1. The normalized spacial score (nSPS) is 23.2. The van der Waals surface area contributed by atoms with Crippen molar-refractivity contribution < 1.29 is 9.28 Å². The Kier molecular flexibility index (Phi) is 2.47. The maximum Gasteiger partial charge on any atom is 0.223 e. The number of carbonyl (C=O) groups is 1. The third kappa shape index (κ3) is 2.27. The first kappa shape index (κ1) is 9.54.